The molecule has 12 nitrogen and oxygen atoms in total. The maximum Gasteiger partial charge on any atom is 0.388 e. The van der Waals surface area contributed by atoms with E-state index < -0.39 is 36.0 Å². The van der Waals surface area contributed by atoms with Crippen molar-refractivity contribution in [2.45, 2.75) is 38.8 Å². The number of nitrogens with one attached hydrogen (secondary N) is 1. The molecular formula is C24H23F4N7O5. The minimum atomic E-state index is -3.11. The van der Waals surface area contributed by atoms with Crippen molar-refractivity contribution in [3.8, 4) is 34.1 Å². The largest absolute Gasteiger partial charge is 0.480 e. The van der Waals surface area contributed by atoms with E-state index >= 15 is 0 Å². The van der Waals surface area contributed by atoms with Crippen molar-refractivity contribution in [1.29, 1.82) is 0 Å². The van der Waals surface area contributed by atoms with Gasteiger partial charge in [0.2, 0.25) is 17.7 Å². The lowest BCUT2D eigenvalue weighted by Gasteiger charge is -2.16. The predicted octanol–water partition coefficient (Wildman–Crippen LogP) is 3.48. The lowest BCUT2D eigenvalue weighted by atomic mass is 10.0. The van der Waals surface area contributed by atoms with Gasteiger partial charge in [0.05, 0.1) is 23.4 Å². The second-order valence-electron chi connectivity index (χ2n) is 9.22. The number of hydrogen-bond donors (Lipinski definition) is 3. The number of nitrogens with zero attached hydrogens (tertiary/aromatic N) is 5. The Labute approximate surface area is 222 Å². The third-order valence-corrected chi connectivity index (χ3v) is 6.61. The standard InChI is InChI=1S/C19H16F4N6O2.C5H7NO3/c1-28-8-10(17(27-28)31-19(22)23)11-9-4-2-5-24-16(9)25-13(11)12-14(15(20)21)26-29-6-3-7-30-18(12)29;6-3(7)5(1-2-5)4(8)9/h2,4-5,8,15,19H,3,6-7H2,1H3,(H,24,25);1-2H2,(H2,6,7)(H,8,9). The summed E-state index contributed by atoms with van der Waals surface area (Å²) in [5.74, 6) is -1.94. The molecule has 0 spiro atoms. The van der Waals surface area contributed by atoms with Crippen LogP contribution in [0.3, 0.4) is 0 Å². The monoisotopic (exact) mass is 565 g/mol. The van der Waals surface area contributed by atoms with Crippen LogP contribution in [-0.2, 0) is 23.2 Å². The Kier molecular flexibility index (Phi) is 6.85. The van der Waals surface area contributed by atoms with Crippen molar-refractivity contribution in [2.75, 3.05) is 6.61 Å². The summed E-state index contributed by atoms with van der Waals surface area (Å²) in [6.45, 7) is -2.33. The molecule has 1 amide bonds. The lowest BCUT2D eigenvalue weighted by Crippen LogP contribution is -2.31. The summed E-state index contributed by atoms with van der Waals surface area (Å²) in [7, 11) is 1.55. The molecule has 1 saturated carbocycles. The maximum atomic E-state index is 13.9. The van der Waals surface area contributed by atoms with E-state index in [0.717, 1.165) is 0 Å². The molecule has 2 aliphatic rings. The fourth-order valence-electron chi connectivity index (χ4n) is 4.52. The van der Waals surface area contributed by atoms with Crippen LogP contribution in [0.15, 0.2) is 24.5 Å². The number of carbonyl (C=O) groups excluding carboxylic acids is 1. The Hall–Kier alpha value is -4.63. The van der Waals surface area contributed by atoms with E-state index in [2.05, 4.69) is 24.9 Å². The highest BCUT2D eigenvalue weighted by Gasteiger charge is 2.55. The van der Waals surface area contributed by atoms with Crippen LogP contribution in [0.5, 0.6) is 11.8 Å². The first-order valence-electron chi connectivity index (χ1n) is 12.0. The lowest BCUT2D eigenvalue weighted by molar-refractivity contribution is -0.147. The number of nitrogens with two attached hydrogens (primary N) is 1. The van der Waals surface area contributed by atoms with Gasteiger partial charge in [-0.1, -0.05) is 0 Å². The molecule has 0 atom stereocenters. The second kappa shape index (κ2) is 10.2. The molecule has 4 aromatic heterocycles. The van der Waals surface area contributed by atoms with Crippen LogP contribution in [0.2, 0.25) is 0 Å². The molecule has 4 aromatic rings. The third kappa shape index (κ3) is 4.69. The molecule has 1 aliphatic carbocycles. The molecule has 0 bridgehead atoms. The van der Waals surface area contributed by atoms with Crippen LogP contribution in [0, 0.1) is 5.41 Å². The van der Waals surface area contributed by atoms with Gasteiger partial charge in [-0.3, -0.25) is 14.3 Å². The smallest absolute Gasteiger partial charge is 0.388 e. The van der Waals surface area contributed by atoms with Crippen LogP contribution in [0.4, 0.5) is 17.6 Å². The first-order chi connectivity index (χ1) is 19.0. The number of H-pyrrole nitrogens is 1. The fraction of sp³-hybridized carbons (Fsp3) is 0.375. The van der Waals surface area contributed by atoms with Crippen LogP contribution >= 0.6 is 0 Å². The van der Waals surface area contributed by atoms with Crippen LogP contribution < -0.4 is 15.2 Å². The van der Waals surface area contributed by atoms with E-state index in [1.54, 1.807) is 19.2 Å². The Bertz CT molecular complexity index is 1580. The van der Waals surface area contributed by atoms with Gasteiger partial charge in [-0.2, -0.15) is 13.9 Å². The number of amides is 1. The maximum absolute atomic E-state index is 13.9. The molecule has 0 radical (unpaired) electrons. The minimum Gasteiger partial charge on any atom is -0.480 e. The highest BCUT2D eigenvalue weighted by Crippen LogP contribution is 2.48. The Morgan fingerprint density at radius 3 is 2.58 bits per heavy atom. The van der Waals surface area contributed by atoms with Crippen molar-refractivity contribution in [2.24, 2.45) is 18.2 Å². The molecule has 1 aliphatic heterocycles. The molecule has 40 heavy (non-hydrogen) atoms. The molecular weight excluding hydrogens is 542 g/mol. The molecule has 0 saturated heterocycles. The highest BCUT2D eigenvalue weighted by molar-refractivity contribution is 6.05. The molecule has 0 unspecified atom stereocenters. The number of pyridine rings is 1. The summed E-state index contributed by atoms with van der Waals surface area (Å²) in [5, 5.41) is 16.9. The Balaban J connectivity index is 0.000000306. The molecule has 6 rings (SSSR count). The second-order valence-corrected chi connectivity index (χ2v) is 9.22. The average molecular weight is 565 g/mol. The number of fused-ring (bicyclic) bond motifs is 2. The summed E-state index contributed by atoms with van der Waals surface area (Å²) in [5.41, 5.74) is 4.37. The number of carbonyl (C=O) groups is 2. The SMILES string of the molecule is Cn1cc(-c2c(-c3c(C(F)F)nn4c3OCCC4)[nH]c3ncccc23)c(OC(F)F)n1.NC(=O)C1(C(=O)O)CC1. The molecule has 212 valence electrons. The van der Waals surface area contributed by atoms with Gasteiger partial charge in [-0.25, -0.2) is 18.4 Å². The molecule has 4 N–H and O–H groups in total. The van der Waals surface area contributed by atoms with Crippen LogP contribution in [0.25, 0.3) is 33.4 Å². The summed E-state index contributed by atoms with van der Waals surface area (Å²) >= 11 is 0. The zero-order valence-corrected chi connectivity index (χ0v) is 20.9. The average Bonchev–Trinajstić information content (AvgIpc) is 3.36. The number of primary amides is 1. The quantitative estimate of drug-likeness (QED) is 0.227. The van der Waals surface area contributed by atoms with Gasteiger partial charge in [0.1, 0.15) is 16.8 Å². The van der Waals surface area contributed by atoms with Crippen molar-refractivity contribution in [3.05, 3.63) is 30.2 Å². The topological polar surface area (TPSA) is 163 Å². The zero-order chi connectivity index (χ0) is 28.8. The zero-order valence-electron chi connectivity index (χ0n) is 20.9. The van der Waals surface area contributed by atoms with E-state index in [0.29, 0.717) is 49.0 Å². The summed E-state index contributed by atoms with van der Waals surface area (Å²) in [6.07, 6.45) is 1.57. The third-order valence-electron chi connectivity index (χ3n) is 6.61. The van der Waals surface area contributed by atoms with E-state index in [-0.39, 0.29) is 28.6 Å². The number of hydrogen-bond acceptors (Lipinski definition) is 7. The number of halogens is 4. The minimum absolute atomic E-state index is 0.0644. The first kappa shape index (κ1) is 27.0. The van der Waals surface area contributed by atoms with Crippen molar-refractivity contribution < 1.29 is 41.7 Å². The van der Waals surface area contributed by atoms with Gasteiger partial charge >= 0.3 is 12.6 Å². The summed E-state index contributed by atoms with van der Waals surface area (Å²) in [6, 6.07) is 3.36. The van der Waals surface area contributed by atoms with Crippen molar-refractivity contribution >= 4 is 22.9 Å². The Morgan fingerprint density at radius 1 is 1.23 bits per heavy atom. The number of rotatable bonds is 7. The van der Waals surface area contributed by atoms with Crippen LogP contribution in [-0.4, -0.2) is 59.7 Å². The number of aryl methyl sites for hydroxylation is 2. The van der Waals surface area contributed by atoms with Crippen LogP contribution in [0.1, 0.15) is 31.4 Å². The highest BCUT2D eigenvalue weighted by atomic mass is 19.3. The fourth-order valence-corrected chi connectivity index (χ4v) is 4.52. The molecule has 0 aromatic carbocycles. The van der Waals surface area contributed by atoms with E-state index in [1.807, 2.05) is 0 Å². The molecule has 16 heteroatoms. The summed E-state index contributed by atoms with van der Waals surface area (Å²) < 4.78 is 66.9. The van der Waals surface area contributed by atoms with Gasteiger partial charge in [0.25, 0.3) is 6.43 Å². The van der Waals surface area contributed by atoms with Gasteiger partial charge in [0, 0.05) is 43.4 Å². The molecule has 5 heterocycles. The van der Waals surface area contributed by atoms with Gasteiger partial charge in [0.15, 0.2) is 0 Å². The molecule has 1 fully saturated rings. The van der Waals surface area contributed by atoms with Crippen molar-refractivity contribution in [1.82, 2.24) is 29.5 Å². The normalized spacial score (nSPS) is 15.4. The summed E-state index contributed by atoms with van der Waals surface area (Å²) in [4.78, 5) is 27.9. The van der Waals surface area contributed by atoms with E-state index in [9.17, 15) is 27.2 Å². The van der Waals surface area contributed by atoms with E-state index in [4.69, 9.17) is 15.6 Å². The number of carboxylic acids is 1. The Morgan fingerprint density at radius 2 is 1.98 bits per heavy atom. The number of alkyl halides is 4. The number of aromatic nitrogens is 6. The van der Waals surface area contributed by atoms with Gasteiger partial charge < -0.3 is 25.3 Å². The first-order valence-corrected chi connectivity index (χ1v) is 12.0. The van der Waals surface area contributed by atoms with E-state index in [1.165, 1.54) is 21.8 Å². The number of aliphatic carboxylic acids is 1. The number of aromatic amines is 1. The number of carboxylic acid groups (broad SMARTS) is 1. The van der Waals surface area contributed by atoms with Gasteiger partial charge in [-0.15, -0.1) is 5.10 Å². The van der Waals surface area contributed by atoms with Crippen molar-refractivity contribution in [3.63, 3.8) is 0 Å². The predicted molar refractivity (Wildman–Crippen MR) is 130 cm³/mol. The number of ether oxygens (including phenoxy) is 2. The van der Waals surface area contributed by atoms with Gasteiger partial charge in [-0.05, 0) is 25.0 Å².